The van der Waals surface area contributed by atoms with Crippen LogP contribution in [0.15, 0.2) is 18.2 Å². The first-order valence-electron chi connectivity index (χ1n) is 7.21. The highest BCUT2D eigenvalue weighted by Gasteiger charge is 2.03. The minimum Gasteiger partial charge on any atom is -0.361 e. The van der Waals surface area contributed by atoms with Crippen molar-refractivity contribution in [3.8, 4) is 0 Å². The van der Waals surface area contributed by atoms with E-state index < -0.39 is 0 Å². The van der Waals surface area contributed by atoms with E-state index in [4.69, 9.17) is 24.4 Å². The van der Waals surface area contributed by atoms with Crippen LogP contribution in [0.5, 0.6) is 0 Å². The Morgan fingerprint density at radius 3 is 2.48 bits per heavy atom. The summed E-state index contributed by atoms with van der Waals surface area (Å²) in [4.78, 5) is 0. The zero-order valence-electron chi connectivity index (χ0n) is 12.9. The van der Waals surface area contributed by atoms with Gasteiger partial charge < -0.3 is 10.6 Å². The van der Waals surface area contributed by atoms with Crippen molar-refractivity contribution in [1.82, 2.24) is 16.2 Å². The summed E-state index contributed by atoms with van der Waals surface area (Å²) < 4.78 is 0. The molecule has 6 heteroatoms. The Kier molecular flexibility index (Phi) is 8.00. The fourth-order valence-corrected chi connectivity index (χ4v) is 2.09. The van der Waals surface area contributed by atoms with Gasteiger partial charge in [-0.2, -0.15) is 0 Å². The molecule has 0 atom stereocenters. The molecule has 0 saturated carbocycles. The Morgan fingerprint density at radius 2 is 1.76 bits per heavy atom. The molecule has 0 amide bonds. The Balaban J connectivity index is 2.31. The number of aryl methyl sites for hydroxylation is 1. The van der Waals surface area contributed by atoms with Crippen molar-refractivity contribution in [1.29, 1.82) is 0 Å². The van der Waals surface area contributed by atoms with Gasteiger partial charge >= 0.3 is 0 Å². The highest BCUT2D eigenvalue weighted by molar-refractivity contribution is 7.80. The average molecular weight is 325 g/mol. The summed E-state index contributed by atoms with van der Waals surface area (Å²) in [5.74, 6) is 0. The number of rotatable bonds is 5. The normalized spacial score (nSPS) is 9.86. The van der Waals surface area contributed by atoms with Crippen molar-refractivity contribution in [3.05, 3.63) is 29.3 Å². The predicted octanol–water partition coefficient (Wildman–Crippen LogP) is 3.16. The zero-order chi connectivity index (χ0) is 15.7. The summed E-state index contributed by atoms with van der Waals surface area (Å²) >= 11 is 10.4. The molecule has 0 heterocycles. The molecule has 0 aliphatic rings. The fourth-order valence-electron chi connectivity index (χ4n) is 1.77. The van der Waals surface area contributed by atoms with Crippen molar-refractivity contribution in [2.24, 2.45) is 0 Å². The molecule has 0 radical (unpaired) electrons. The van der Waals surface area contributed by atoms with Gasteiger partial charge in [-0.25, -0.2) is 0 Å². The number of nitrogens with one attached hydrogen (secondary N) is 4. The third-order valence-corrected chi connectivity index (χ3v) is 3.66. The van der Waals surface area contributed by atoms with Crippen LogP contribution in [0.25, 0.3) is 0 Å². The molecule has 0 fully saturated rings. The number of benzene rings is 1. The van der Waals surface area contributed by atoms with E-state index in [2.05, 4.69) is 48.3 Å². The molecule has 4 N–H and O–H groups in total. The lowest BCUT2D eigenvalue weighted by atomic mass is 10.1. The van der Waals surface area contributed by atoms with Gasteiger partial charge in [0.1, 0.15) is 0 Å². The van der Waals surface area contributed by atoms with Gasteiger partial charge in [0.2, 0.25) is 0 Å². The lowest BCUT2D eigenvalue weighted by Gasteiger charge is -2.16. The van der Waals surface area contributed by atoms with Crippen molar-refractivity contribution >= 4 is 40.3 Å². The van der Waals surface area contributed by atoms with Crippen LogP contribution < -0.4 is 21.5 Å². The Morgan fingerprint density at radius 1 is 1.05 bits per heavy atom. The summed E-state index contributed by atoms with van der Waals surface area (Å²) in [6, 6.07) is 6.07. The van der Waals surface area contributed by atoms with Crippen molar-refractivity contribution in [3.63, 3.8) is 0 Å². The largest absolute Gasteiger partial charge is 0.361 e. The molecule has 0 aliphatic carbocycles. The standard InChI is InChI=1S/C15H24N4S2/c1-4-5-6-10-16-14(20)18-19-15(21)17-13-9-7-8-11(2)12(13)3/h7-9H,4-6,10H2,1-3H3,(H2,16,18,20)(H2,17,19,21). The molecular weight excluding hydrogens is 300 g/mol. The first kappa shape index (κ1) is 17.7. The third-order valence-electron chi connectivity index (χ3n) is 3.21. The second-order valence-electron chi connectivity index (χ2n) is 4.91. The van der Waals surface area contributed by atoms with Gasteiger partial charge in [0, 0.05) is 12.2 Å². The number of unbranched alkanes of at least 4 members (excludes halogenated alkanes) is 2. The molecule has 0 aliphatic heterocycles. The van der Waals surface area contributed by atoms with Gasteiger partial charge in [0.15, 0.2) is 10.2 Å². The van der Waals surface area contributed by atoms with Gasteiger partial charge in [0.25, 0.3) is 0 Å². The van der Waals surface area contributed by atoms with E-state index in [1.54, 1.807) is 0 Å². The Hall–Kier alpha value is -1.40. The van der Waals surface area contributed by atoms with Crippen LogP contribution in [0.4, 0.5) is 5.69 Å². The number of hydrogen-bond donors (Lipinski definition) is 4. The number of thiocarbonyl (C=S) groups is 2. The molecule has 1 rings (SSSR count). The van der Waals surface area contributed by atoms with E-state index >= 15 is 0 Å². The lowest BCUT2D eigenvalue weighted by molar-refractivity contribution is 0.685. The molecule has 4 nitrogen and oxygen atoms in total. The first-order valence-corrected chi connectivity index (χ1v) is 8.03. The van der Waals surface area contributed by atoms with Gasteiger partial charge in [-0.05, 0) is 61.9 Å². The number of hydrogen-bond acceptors (Lipinski definition) is 2. The minimum absolute atomic E-state index is 0.487. The molecule has 1 aromatic carbocycles. The van der Waals surface area contributed by atoms with E-state index in [0.29, 0.717) is 10.2 Å². The van der Waals surface area contributed by atoms with Crippen LogP contribution in [-0.4, -0.2) is 16.8 Å². The summed E-state index contributed by atoms with van der Waals surface area (Å²) in [7, 11) is 0. The molecule has 0 unspecified atom stereocenters. The first-order chi connectivity index (χ1) is 10.0. The molecule has 0 aromatic heterocycles. The highest BCUT2D eigenvalue weighted by Crippen LogP contribution is 2.17. The van der Waals surface area contributed by atoms with E-state index in [1.807, 2.05) is 12.1 Å². The third kappa shape index (κ3) is 6.73. The second-order valence-corrected chi connectivity index (χ2v) is 5.73. The van der Waals surface area contributed by atoms with Gasteiger partial charge in [-0.1, -0.05) is 31.9 Å². The highest BCUT2D eigenvalue weighted by atomic mass is 32.1. The van der Waals surface area contributed by atoms with Crippen LogP contribution in [-0.2, 0) is 0 Å². The van der Waals surface area contributed by atoms with Crippen LogP contribution in [0.2, 0.25) is 0 Å². The van der Waals surface area contributed by atoms with Gasteiger partial charge in [0.05, 0.1) is 0 Å². The fraction of sp³-hybridized carbons (Fsp3) is 0.467. The Labute approximate surface area is 138 Å². The SMILES string of the molecule is CCCCCNC(=S)NNC(=S)Nc1cccc(C)c1C. The molecule has 0 spiro atoms. The second kappa shape index (κ2) is 9.52. The maximum Gasteiger partial charge on any atom is 0.189 e. The zero-order valence-corrected chi connectivity index (χ0v) is 14.5. The van der Waals surface area contributed by atoms with Gasteiger partial charge in [-0.3, -0.25) is 10.9 Å². The Bertz CT molecular complexity index is 489. The summed E-state index contributed by atoms with van der Waals surface area (Å²) in [6.07, 6.45) is 3.52. The maximum absolute atomic E-state index is 5.24. The summed E-state index contributed by atoms with van der Waals surface area (Å²) in [5, 5.41) is 7.32. The van der Waals surface area contributed by atoms with Crippen LogP contribution in [0.3, 0.4) is 0 Å². The van der Waals surface area contributed by atoms with E-state index in [9.17, 15) is 0 Å². The average Bonchev–Trinajstić information content (AvgIpc) is 2.46. The van der Waals surface area contributed by atoms with Crippen LogP contribution in [0, 0.1) is 13.8 Å². The topological polar surface area (TPSA) is 48.1 Å². The van der Waals surface area contributed by atoms with E-state index in [1.165, 1.54) is 24.0 Å². The van der Waals surface area contributed by atoms with Crippen LogP contribution >= 0.6 is 24.4 Å². The molecule has 1 aromatic rings. The van der Waals surface area contributed by atoms with Crippen molar-refractivity contribution < 1.29 is 0 Å². The molecule has 0 saturated heterocycles. The minimum atomic E-state index is 0.487. The molecule has 21 heavy (non-hydrogen) atoms. The number of anilines is 1. The van der Waals surface area contributed by atoms with Gasteiger partial charge in [-0.15, -0.1) is 0 Å². The number of hydrazine groups is 1. The van der Waals surface area contributed by atoms with Crippen molar-refractivity contribution in [2.75, 3.05) is 11.9 Å². The summed E-state index contributed by atoms with van der Waals surface area (Å²) in [6.45, 7) is 7.19. The monoisotopic (exact) mass is 324 g/mol. The lowest BCUT2D eigenvalue weighted by Crippen LogP contribution is -2.48. The maximum atomic E-state index is 5.24. The van der Waals surface area contributed by atoms with E-state index in [0.717, 1.165) is 18.7 Å². The van der Waals surface area contributed by atoms with Crippen molar-refractivity contribution in [2.45, 2.75) is 40.0 Å². The van der Waals surface area contributed by atoms with Crippen LogP contribution in [0.1, 0.15) is 37.3 Å². The summed E-state index contributed by atoms with van der Waals surface area (Å²) in [5.41, 5.74) is 9.17. The predicted molar refractivity (Wildman–Crippen MR) is 98.5 cm³/mol. The molecular formula is C15H24N4S2. The molecule has 116 valence electrons. The smallest absolute Gasteiger partial charge is 0.189 e. The van der Waals surface area contributed by atoms with E-state index in [-0.39, 0.29) is 0 Å². The molecule has 0 bridgehead atoms. The quantitative estimate of drug-likeness (QED) is 0.379.